The summed E-state index contributed by atoms with van der Waals surface area (Å²) in [6.07, 6.45) is 0. The zero-order valence-electron chi connectivity index (χ0n) is 12.5. The van der Waals surface area contributed by atoms with E-state index < -0.39 is 11.7 Å². The molecular weight excluding hydrogens is 387 g/mol. The van der Waals surface area contributed by atoms with Crippen LogP contribution in [0.5, 0.6) is 5.75 Å². The number of hydrogen-bond donors (Lipinski definition) is 2. The van der Waals surface area contributed by atoms with Crippen LogP contribution >= 0.6 is 27.5 Å². The van der Waals surface area contributed by atoms with Gasteiger partial charge in [-0.1, -0.05) is 17.7 Å². The first-order valence-electron chi connectivity index (χ1n) is 6.84. The van der Waals surface area contributed by atoms with Crippen molar-refractivity contribution in [3.05, 3.63) is 51.2 Å². The van der Waals surface area contributed by atoms with Gasteiger partial charge >= 0.3 is 0 Å². The lowest BCUT2D eigenvalue weighted by molar-refractivity contribution is 0.102. The maximum atomic E-state index is 13.3. The summed E-state index contributed by atoms with van der Waals surface area (Å²) in [6.45, 7) is 2.64. The van der Waals surface area contributed by atoms with Crippen LogP contribution in [0.2, 0.25) is 5.02 Å². The van der Waals surface area contributed by atoms with Gasteiger partial charge in [-0.15, -0.1) is 0 Å². The molecule has 0 bridgehead atoms. The number of para-hydroxylation sites is 1. The highest BCUT2D eigenvalue weighted by molar-refractivity contribution is 9.10. The molecule has 2 aromatic rings. The van der Waals surface area contributed by atoms with Crippen molar-refractivity contribution in [1.29, 1.82) is 0 Å². The fourth-order valence-electron chi connectivity index (χ4n) is 2.11. The van der Waals surface area contributed by atoms with Crippen LogP contribution in [0.3, 0.4) is 0 Å². The maximum absolute atomic E-state index is 13.3. The number of carbonyl (C=O) groups is 1. The van der Waals surface area contributed by atoms with E-state index in [9.17, 15) is 9.18 Å². The average Bonchev–Trinajstić information content (AvgIpc) is 2.50. The number of methoxy groups -OCH3 is 1. The summed E-state index contributed by atoms with van der Waals surface area (Å²) >= 11 is 9.18. The quantitative estimate of drug-likeness (QED) is 0.746. The largest absolute Gasteiger partial charge is 0.494 e. The molecule has 2 rings (SSSR count). The smallest absolute Gasteiger partial charge is 0.259 e. The Hall–Kier alpha value is -1.79. The van der Waals surface area contributed by atoms with E-state index in [1.54, 1.807) is 12.1 Å². The molecule has 0 aliphatic carbocycles. The molecule has 0 saturated heterocycles. The molecule has 23 heavy (non-hydrogen) atoms. The average molecular weight is 402 g/mol. The Morgan fingerprint density at radius 3 is 2.74 bits per heavy atom. The number of rotatable bonds is 5. The van der Waals surface area contributed by atoms with Crippen molar-refractivity contribution in [3.63, 3.8) is 0 Å². The molecule has 122 valence electrons. The molecule has 7 heteroatoms. The molecular formula is C16H15BrClFN2O2. The van der Waals surface area contributed by atoms with E-state index in [0.29, 0.717) is 33.7 Å². The molecule has 0 unspecified atom stereocenters. The molecule has 0 radical (unpaired) electrons. The summed E-state index contributed by atoms with van der Waals surface area (Å²) < 4.78 is 19.0. The van der Waals surface area contributed by atoms with Gasteiger partial charge in [0.05, 0.1) is 29.1 Å². The molecule has 0 atom stereocenters. The van der Waals surface area contributed by atoms with E-state index in [1.165, 1.54) is 13.2 Å². The van der Waals surface area contributed by atoms with Crippen LogP contribution in [-0.4, -0.2) is 19.6 Å². The van der Waals surface area contributed by atoms with Crippen molar-refractivity contribution < 1.29 is 13.9 Å². The zero-order valence-corrected chi connectivity index (χ0v) is 14.9. The summed E-state index contributed by atoms with van der Waals surface area (Å²) in [4.78, 5) is 12.5. The Labute approximate surface area is 147 Å². The van der Waals surface area contributed by atoms with E-state index in [2.05, 4.69) is 26.6 Å². The number of benzene rings is 2. The number of anilines is 2. The maximum Gasteiger partial charge on any atom is 0.259 e. The molecule has 2 aromatic carbocycles. The van der Waals surface area contributed by atoms with Crippen LogP contribution < -0.4 is 15.4 Å². The van der Waals surface area contributed by atoms with Crippen molar-refractivity contribution in [1.82, 2.24) is 0 Å². The Kier molecular flexibility index (Phi) is 5.85. The Bertz CT molecular complexity index is 717. The van der Waals surface area contributed by atoms with Crippen molar-refractivity contribution in [2.75, 3.05) is 24.3 Å². The number of nitrogens with one attached hydrogen (secondary N) is 2. The van der Waals surface area contributed by atoms with Crippen molar-refractivity contribution in [2.45, 2.75) is 6.92 Å². The summed E-state index contributed by atoms with van der Waals surface area (Å²) in [5.74, 6) is -0.469. The molecule has 0 fully saturated rings. The SMILES string of the molecule is CCNc1cccc(C(=O)Nc2c(Cl)cc(F)cc2Br)c1OC. The number of carbonyl (C=O) groups excluding carboxylic acids is 1. The lowest BCUT2D eigenvalue weighted by Gasteiger charge is -2.15. The lowest BCUT2D eigenvalue weighted by atomic mass is 10.1. The highest BCUT2D eigenvalue weighted by atomic mass is 79.9. The van der Waals surface area contributed by atoms with E-state index in [4.69, 9.17) is 16.3 Å². The van der Waals surface area contributed by atoms with Gasteiger partial charge in [-0.05, 0) is 47.1 Å². The van der Waals surface area contributed by atoms with E-state index >= 15 is 0 Å². The van der Waals surface area contributed by atoms with Crippen LogP contribution in [0.4, 0.5) is 15.8 Å². The van der Waals surface area contributed by atoms with Gasteiger partial charge in [-0.3, -0.25) is 4.79 Å². The summed E-state index contributed by atoms with van der Waals surface area (Å²) in [5, 5.41) is 5.90. The second-order valence-electron chi connectivity index (χ2n) is 4.62. The summed E-state index contributed by atoms with van der Waals surface area (Å²) in [5.41, 5.74) is 1.36. The van der Waals surface area contributed by atoms with Gasteiger partial charge in [0.2, 0.25) is 0 Å². The zero-order chi connectivity index (χ0) is 17.0. The third kappa shape index (κ3) is 3.95. The fourth-order valence-corrected chi connectivity index (χ4v) is 3.01. The minimum absolute atomic E-state index is 0.104. The van der Waals surface area contributed by atoms with Gasteiger partial charge in [0.25, 0.3) is 5.91 Å². The van der Waals surface area contributed by atoms with E-state index in [1.807, 2.05) is 13.0 Å². The summed E-state index contributed by atoms with van der Waals surface area (Å²) in [6, 6.07) is 7.57. The highest BCUT2D eigenvalue weighted by Crippen LogP contribution is 2.34. The Balaban J connectivity index is 2.37. The van der Waals surface area contributed by atoms with Gasteiger partial charge in [0, 0.05) is 11.0 Å². The molecule has 4 nitrogen and oxygen atoms in total. The molecule has 0 spiro atoms. The van der Waals surface area contributed by atoms with Crippen LogP contribution in [0.25, 0.3) is 0 Å². The Morgan fingerprint density at radius 2 is 2.13 bits per heavy atom. The van der Waals surface area contributed by atoms with Gasteiger partial charge < -0.3 is 15.4 Å². The fraction of sp³-hybridized carbons (Fsp3) is 0.188. The van der Waals surface area contributed by atoms with Crippen LogP contribution in [0.1, 0.15) is 17.3 Å². The lowest BCUT2D eigenvalue weighted by Crippen LogP contribution is -2.15. The molecule has 0 aromatic heterocycles. The van der Waals surface area contributed by atoms with Gasteiger partial charge in [-0.25, -0.2) is 4.39 Å². The molecule has 1 amide bonds. The number of ether oxygens (including phenoxy) is 1. The van der Waals surface area contributed by atoms with Gasteiger partial charge in [0.15, 0.2) is 5.75 Å². The van der Waals surface area contributed by atoms with Crippen LogP contribution in [0, 0.1) is 5.82 Å². The van der Waals surface area contributed by atoms with Crippen LogP contribution in [-0.2, 0) is 0 Å². The molecule has 0 aliphatic heterocycles. The number of hydrogen-bond acceptors (Lipinski definition) is 3. The minimum atomic E-state index is -0.494. The first-order chi connectivity index (χ1) is 11.0. The summed E-state index contributed by atoms with van der Waals surface area (Å²) in [7, 11) is 1.49. The Morgan fingerprint density at radius 1 is 1.39 bits per heavy atom. The van der Waals surface area contributed by atoms with Crippen molar-refractivity contribution >= 4 is 44.8 Å². The second-order valence-corrected chi connectivity index (χ2v) is 5.88. The first-order valence-corrected chi connectivity index (χ1v) is 8.01. The normalized spacial score (nSPS) is 10.3. The van der Waals surface area contributed by atoms with E-state index in [-0.39, 0.29) is 5.02 Å². The van der Waals surface area contributed by atoms with Gasteiger partial charge in [0.1, 0.15) is 5.82 Å². The minimum Gasteiger partial charge on any atom is -0.494 e. The topological polar surface area (TPSA) is 50.4 Å². The predicted octanol–water partition coefficient (Wildman–Crippen LogP) is 4.93. The molecule has 0 saturated carbocycles. The van der Waals surface area contributed by atoms with Gasteiger partial charge in [-0.2, -0.15) is 0 Å². The third-order valence-corrected chi connectivity index (χ3v) is 4.00. The standard InChI is InChI=1S/C16H15BrClFN2O2/c1-3-20-13-6-4-5-10(15(13)23-2)16(22)21-14-11(17)7-9(19)8-12(14)18/h4-8,20H,3H2,1-2H3,(H,21,22). The van der Waals surface area contributed by atoms with Crippen molar-refractivity contribution in [3.8, 4) is 5.75 Å². The third-order valence-electron chi connectivity index (χ3n) is 3.08. The predicted molar refractivity (Wildman–Crippen MR) is 94.2 cm³/mol. The molecule has 2 N–H and O–H groups in total. The molecule has 0 aliphatic rings. The molecule has 0 heterocycles. The van der Waals surface area contributed by atoms with Crippen molar-refractivity contribution in [2.24, 2.45) is 0 Å². The number of halogens is 3. The first kappa shape index (κ1) is 17.6. The number of amides is 1. The second kappa shape index (κ2) is 7.66. The monoisotopic (exact) mass is 400 g/mol. The van der Waals surface area contributed by atoms with E-state index in [0.717, 1.165) is 6.07 Å². The van der Waals surface area contributed by atoms with Crippen LogP contribution in [0.15, 0.2) is 34.8 Å². The highest BCUT2D eigenvalue weighted by Gasteiger charge is 2.18.